The van der Waals surface area contributed by atoms with Gasteiger partial charge < -0.3 is 14.9 Å². The number of allylic oxidation sites excluding steroid dienone is 1. The number of rotatable bonds is 5. The van der Waals surface area contributed by atoms with Crippen molar-refractivity contribution in [3.8, 4) is 0 Å². The van der Waals surface area contributed by atoms with Gasteiger partial charge in [-0.25, -0.2) is 0 Å². The summed E-state index contributed by atoms with van der Waals surface area (Å²) < 4.78 is 5.10. The molecule has 1 saturated heterocycles. The predicted octanol–water partition coefficient (Wildman–Crippen LogP) is 0.0748. The molecule has 0 bridgehead atoms. The molecular weight excluding hydrogens is 144 g/mol. The van der Waals surface area contributed by atoms with E-state index >= 15 is 0 Å². The molecular formula is C8H14O3. The molecule has 0 aromatic rings. The summed E-state index contributed by atoms with van der Waals surface area (Å²) in [6, 6.07) is 0. The monoisotopic (exact) mass is 158 g/mol. The second-order valence-corrected chi connectivity index (χ2v) is 2.63. The minimum Gasteiger partial charge on any atom is -0.394 e. The number of aliphatic hydroxyl groups excluding tert-OH is 2. The summed E-state index contributed by atoms with van der Waals surface area (Å²) in [5.41, 5.74) is 0. The predicted molar refractivity (Wildman–Crippen MR) is 41.2 cm³/mol. The van der Waals surface area contributed by atoms with E-state index in [-0.39, 0.29) is 25.4 Å². The lowest BCUT2D eigenvalue weighted by Gasteiger charge is -1.87. The van der Waals surface area contributed by atoms with Crippen LogP contribution in [0.5, 0.6) is 0 Å². The average Bonchev–Trinajstić information content (AvgIpc) is 2.77. The van der Waals surface area contributed by atoms with Gasteiger partial charge in [0.05, 0.1) is 19.3 Å². The third-order valence-electron chi connectivity index (χ3n) is 1.76. The quantitative estimate of drug-likeness (QED) is 0.440. The van der Waals surface area contributed by atoms with Gasteiger partial charge in [-0.05, 0) is 12.8 Å². The van der Waals surface area contributed by atoms with Crippen LogP contribution in [0.25, 0.3) is 0 Å². The van der Waals surface area contributed by atoms with Crippen molar-refractivity contribution in [3.63, 3.8) is 0 Å². The van der Waals surface area contributed by atoms with E-state index in [2.05, 4.69) is 0 Å². The lowest BCUT2D eigenvalue weighted by molar-refractivity contribution is 0.241. The molecule has 1 fully saturated rings. The number of epoxide rings is 1. The van der Waals surface area contributed by atoms with Gasteiger partial charge in [-0.1, -0.05) is 12.2 Å². The van der Waals surface area contributed by atoms with Crippen molar-refractivity contribution in [1.82, 2.24) is 0 Å². The highest BCUT2D eigenvalue weighted by molar-refractivity contribution is 4.88. The molecule has 0 radical (unpaired) electrons. The van der Waals surface area contributed by atoms with Crippen LogP contribution in [-0.4, -0.2) is 35.6 Å². The molecule has 1 rings (SSSR count). The Kier molecular flexibility index (Phi) is 3.56. The maximum atomic E-state index is 8.60. The van der Waals surface area contributed by atoms with Gasteiger partial charge in [0.1, 0.15) is 6.10 Å². The van der Waals surface area contributed by atoms with Crippen LogP contribution in [0.3, 0.4) is 0 Å². The van der Waals surface area contributed by atoms with E-state index in [9.17, 15) is 0 Å². The van der Waals surface area contributed by atoms with Gasteiger partial charge in [0, 0.05) is 0 Å². The third-order valence-corrected chi connectivity index (χ3v) is 1.76. The summed E-state index contributed by atoms with van der Waals surface area (Å²) in [5.74, 6) is 0. The lowest BCUT2D eigenvalue weighted by Crippen LogP contribution is -1.98. The Morgan fingerprint density at radius 3 is 2.55 bits per heavy atom. The molecule has 11 heavy (non-hydrogen) atoms. The first-order chi connectivity index (χ1) is 5.38. The van der Waals surface area contributed by atoms with E-state index in [4.69, 9.17) is 14.9 Å². The van der Waals surface area contributed by atoms with E-state index in [1.807, 2.05) is 6.08 Å². The zero-order valence-electron chi connectivity index (χ0n) is 6.44. The first-order valence-corrected chi connectivity index (χ1v) is 3.90. The normalized spacial score (nSPS) is 29.6. The van der Waals surface area contributed by atoms with E-state index < -0.39 is 0 Å². The van der Waals surface area contributed by atoms with E-state index in [0.29, 0.717) is 0 Å². The fourth-order valence-electron chi connectivity index (χ4n) is 1.05. The molecule has 0 saturated carbocycles. The summed E-state index contributed by atoms with van der Waals surface area (Å²) >= 11 is 0. The fourth-order valence-corrected chi connectivity index (χ4v) is 1.05. The maximum Gasteiger partial charge on any atom is 0.107 e. The largest absolute Gasteiger partial charge is 0.394 e. The van der Waals surface area contributed by atoms with E-state index in [1.54, 1.807) is 6.08 Å². The standard InChI is InChI=1S/C8H14O3/c9-5-3-1-2-4-7-8(6-10)11-7/h1,3,7-10H,2,4-6H2/b3-1+. The summed E-state index contributed by atoms with van der Waals surface area (Å²) in [7, 11) is 0. The van der Waals surface area contributed by atoms with Gasteiger partial charge in [0.25, 0.3) is 0 Å². The Morgan fingerprint density at radius 1 is 1.18 bits per heavy atom. The van der Waals surface area contributed by atoms with Crippen LogP contribution in [0.4, 0.5) is 0 Å². The van der Waals surface area contributed by atoms with Gasteiger partial charge >= 0.3 is 0 Å². The van der Waals surface area contributed by atoms with Gasteiger partial charge in [0.2, 0.25) is 0 Å². The molecule has 64 valence electrons. The highest BCUT2D eigenvalue weighted by Crippen LogP contribution is 2.25. The number of hydrogen-bond acceptors (Lipinski definition) is 3. The highest BCUT2D eigenvalue weighted by atomic mass is 16.6. The fraction of sp³-hybridized carbons (Fsp3) is 0.750. The van der Waals surface area contributed by atoms with Crippen LogP contribution in [-0.2, 0) is 4.74 Å². The molecule has 0 aliphatic carbocycles. The van der Waals surface area contributed by atoms with Gasteiger partial charge in [-0.15, -0.1) is 0 Å². The Balaban J connectivity index is 1.93. The summed E-state index contributed by atoms with van der Waals surface area (Å²) in [6.45, 7) is 0.239. The molecule has 0 aromatic heterocycles. The van der Waals surface area contributed by atoms with Crippen LogP contribution in [0.2, 0.25) is 0 Å². The molecule has 0 aromatic carbocycles. The molecule has 0 amide bonds. The first-order valence-electron chi connectivity index (χ1n) is 3.90. The van der Waals surface area contributed by atoms with Crippen molar-refractivity contribution in [1.29, 1.82) is 0 Å². The second kappa shape index (κ2) is 4.49. The van der Waals surface area contributed by atoms with Crippen LogP contribution in [0, 0.1) is 0 Å². The summed E-state index contributed by atoms with van der Waals surface area (Å²) in [6.07, 6.45) is 5.84. The molecule has 1 heterocycles. The molecule has 2 atom stereocenters. The van der Waals surface area contributed by atoms with Crippen LogP contribution in [0.15, 0.2) is 12.2 Å². The molecule has 2 unspecified atom stereocenters. The Hall–Kier alpha value is -0.380. The first kappa shape index (κ1) is 8.71. The van der Waals surface area contributed by atoms with Crippen molar-refractivity contribution in [2.75, 3.05) is 13.2 Å². The average molecular weight is 158 g/mol. The van der Waals surface area contributed by atoms with Crippen molar-refractivity contribution in [2.45, 2.75) is 25.0 Å². The Bertz CT molecular complexity index is 133. The van der Waals surface area contributed by atoms with Gasteiger partial charge in [-0.2, -0.15) is 0 Å². The highest BCUT2D eigenvalue weighted by Gasteiger charge is 2.36. The Labute approximate surface area is 66.3 Å². The van der Waals surface area contributed by atoms with E-state index in [0.717, 1.165) is 12.8 Å². The number of aliphatic hydroxyl groups is 2. The molecule has 3 nitrogen and oxygen atoms in total. The molecule has 1 aliphatic heterocycles. The summed E-state index contributed by atoms with van der Waals surface area (Å²) in [4.78, 5) is 0. The van der Waals surface area contributed by atoms with Crippen molar-refractivity contribution >= 4 is 0 Å². The number of ether oxygens (including phenoxy) is 1. The summed E-state index contributed by atoms with van der Waals surface area (Å²) in [5, 5.41) is 17.0. The number of hydrogen-bond donors (Lipinski definition) is 2. The minimum absolute atomic E-state index is 0.0810. The van der Waals surface area contributed by atoms with Crippen molar-refractivity contribution in [2.24, 2.45) is 0 Å². The Morgan fingerprint density at radius 2 is 2.00 bits per heavy atom. The van der Waals surface area contributed by atoms with Crippen molar-refractivity contribution in [3.05, 3.63) is 12.2 Å². The molecule has 0 spiro atoms. The molecule has 2 N–H and O–H groups in total. The lowest BCUT2D eigenvalue weighted by atomic mass is 10.2. The third kappa shape index (κ3) is 3.01. The van der Waals surface area contributed by atoms with Gasteiger partial charge in [0.15, 0.2) is 0 Å². The van der Waals surface area contributed by atoms with Crippen LogP contribution >= 0.6 is 0 Å². The minimum atomic E-state index is 0.0810. The SMILES string of the molecule is OC/C=C/CCC1OC1CO. The topological polar surface area (TPSA) is 53.0 Å². The van der Waals surface area contributed by atoms with Crippen molar-refractivity contribution < 1.29 is 14.9 Å². The van der Waals surface area contributed by atoms with E-state index in [1.165, 1.54) is 0 Å². The van der Waals surface area contributed by atoms with Crippen LogP contribution < -0.4 is 0 Å². The molecule has 1 aliphatic rings. The van der Waals surface area contributed by atoms with Crippen LogP contribution in [0.1, 0.15) is 12.8 Å². The zero-order chi connectivity index (χ0) is 8.10. The second-order valence-electron chi connectivity index (χ2n) is 2.63. The maximum absolute atomic E-state index is 8.60. The van der Waals surface area contributed by atoms with Gasteiger partial charge in [-0.3, -0.25) is 0 Å². The smallest absolute Gasteiger partial charge is 0.107 e. The zero-order valence-corrected chi connectivity index (χ0v) is 6.44. The molecule has 3 heteroatoms.